The molecule has 5 rings (SSSR count). The number of hydrogen-bond donors (Lipinski definition) is 2. The van der Waals surface area contributed by atoms with Gasteiger partial charge in [0.25, 0.3) is 11.8 Å². The maximum atomic E-state index is 14.4. The molecule has 3 aliphatic rings. The van der Waals surface area contributed by atoms with Gasteiger partial charge in [-0.2, -0.15) is 0 Å². The Morgan fingerprint density at radius 2 is 1.72 bits per heavy atom. The molecule has 1 spiro atoms. The summed E-state index contributed by atoms with van der Waals surface area (Å²) in [6.07, 6.45) is 7.20. The number of piperidine rings is 1. The highest BCUT2D eigenvalue weighted by molar-refractivity contribution is 6.47. The molecule has 1 saturated carbocycles. The van der Waals surface area contributed by atoms with Crippen LogP contribution in [-0.2, 0) is 9.59 Å². The van der Waals surface area contributed by atoms with E-state index in [1.165, 1.54) is 19.3 Å². The number of carbonyl (C=O) groups is 3. The number of rotatable bonds is 8. The number of aliphatic imine (C=N–C) groups is 1. The topological polar surface area (TPSA) is 102 Å². The van der Waals surface area contributed by atoms with Crippen LogP contribution in [0.2, 0.25) is 0 Å². The van der Waals surface area contributed by atoms with Crippen molar-refractivity contribution in [3.05, 3.63) is 65.2 Å². The van der Waals surface area contributed by atoms with Crippen molar-refractivity contribution in [3.63, 3.8) is 0 Å². The minimum absolute atomic E-state index is 0.0343. The molecule has 0 radical (unpaired) electrons. The second-order valence-electron chi connectivity index (χ2n) is 13.6. The first-order chi connectivity index (χ1) is 20.5. The molecular weight excluding hydrogens is 540 g/mol. The Morgan fingerprint density at radius 1 is 1.05 bits per heavy atom. The van der Waals surface area contributed by atoms with Crippen LogP contribution in [-0.4, -0.2) is 58.8 Å². The largest absolute Gasteiger partial charge is 0.481 e. The van der Waals surface area contributed by atoms with E-state index < -0.39 is 11.6 Å². The molecule has 8 heteroatoms. The molecule has 2 aromatic rings. The zero-order valence-electron chi connectivity index (χ0n) is 26.1. The van der Waals surface area contributed by atoms with Crippen LogP contribution in [0, 0.1) is 11.3 Å². The van der Waals surface area contributed by atoms with E-state index in [0.29, 0.717) is 17.2 Å². The number of carboxylic acid groups (broad SMARTS) is 1. The van der Waals surface area contributed by atoms with Crippen LogP contribution in [0.3, 0.4) is 0 Å². The van der Waals surface area contributed by atoms with Gasteiger partial charge in [-0.15, -0.1) is 0 Å². The number of anilines is 1. The van der Waals surface area contributed by atoms with E-state index in [1.807, 2.05) is 29.2 Å². The summed E-state index contributed by atoms with van der Waals surface area (Å²) in [5, 5.41) is 11.5. The third-order valence-corrected chi connectivity index (χ3v) is 9.71. The first kappa shape index (κ1) is 30.8. The normalized spacial score (nSPS) is 23.3. The summed E-state index contributed by atoms with van der Waals surface area (Å²) in [7, 11) is 0. The molecule has 0 bridgehead atoms. The maximum absolute atomic E-state index is 14.4. The fraction of sp³-hybridized carbons (Fsp3) is 0.543. The molecule has 2 fully saturated rings. The highest BCUT2D eigenvalue weighted by atomic mass is 16.4. The Labute approximate surface area is 255 Å². The minimum Gasteiger partial charge on any atom is -0.481 e. The lowest BCUT2D eigenvalue weighted by Crippen LogP contribution is -2.50. The quantitative estimate of drug-likeness (QED) is 0.383. The van der Waals surface area contributed by atoms with E-state index in [9.17, 15) is 14.4 Å². The lowest BCUT2D eigenvalue weighted by molar-refractivity contribution is -0.137. The fourth-order valence-corrected chi connectivity index (χ4v) is 7.09. The van der Waals surface area contributed by atoms with Gasteiger partial charge < -0.3 is 20.2 Å². The molecule has 1 atom stereocenters. The third kappa shape index (κ3) is 6.63. The van der Waals surface area contributed by atoms with Gasteiger partial charge in [-0.1, -0.05) is 45.0 Å². The van der Waals surface area contributed by atoms with Crippen molar-refractivity contribution in [2.75, 3.05) is 24.5 Å². The average Bonchev–Trinajstić information content (AvgIpc) is 3.27. The molecule has 43 heavy (non-hydrogen) atoms. The number of nitrogens with one attached hydrogen (secondary N) is 1. The van der Waals surface area contributed by atoms with Crippen molar-refractivity contribution >= 4 is 29.2 Å². The minimum atomic E-state index is -0.954. The molecule has 2 N–H and O–H groups in total. The molecule has 230 valence electrons. The van der Waals surface area contributed by atoms with E-state index in [1.54, 1.807) is 12.1 Å². The van der Waals surface area contributed by atoms with Gasteiger partial charge in [0.1, 0.15) is 11.4 Å². The molecule has 0 aromatic heterocycles. The van der Waals surface area contributed by atoms with Gasteiger partial charge in [0.05, 0.1) is 12.5 Å². The van der Waals surface area contributed by atoms with Crippen LogP contribution in [0.5, 0.6) is 0 Å². The van der Waals surface area contributed by atoms with Crippen molar-refractivity contribution in [3.8, 4) is 0 Å². The van der Waals surface area contributed by atoms with E-state index in [2.05, 4.69) is 50.0 Å². The highest BCUT2D eigenvalue weighted by Gasteiger charge is 2.52. The van der Waals surface area contributed by atoms with Gasteiger partial charge >= 0.3 is 5.97 Å². The molecule has 2 aromatic carbocycles. The SMILES string of the molecule is CC(c1ccc(C(=O)NCCC(=O)O)cc1)N1C(=O)C(c2cccc(N3CCCCC3)c2)=NC12CCC(C(C)(C)C)CC2. The van der Waals surface area contributed by atoms with Crippen molar-refractivity contribution < 1.29 is 19.5 Å². The molecule has 8 nitrogen and oxygen atoms in total. The molecule has 2 amide bonds. The summed E-state index contributed by atoms with van der Waals surface area (Å²) in [6, 6.07) is 15.4. The summed E-state index contributed by atoms with van der Waals surface area (Å²) in [4.78, 5) is 47.4. The lowest BCUT2D eigenvalue weighted by Gasteiger charge is -2.46. The highest BCUT2D eigenvalue weighted by Crippen LogP contribution is 2.49. The Morgan fingerprint density at radius 3 is 2.35 bits per heavy atom. The Bertz CT molecular complexity index is 1360. The van der Waals surface area contributed by atoms with E-state index in [4.69, 9.17) is 10.1 Å². The van der Waals surface area contributed by atoms with Crippen LogP contribution in [0.25, 0.3) is 0 Å². The van der Waals surface area contributed by atoms with Crippen LogP contribution in [0.1, 0.15) is 107 Å². The van der Waals surface area contributed by atoms with Crippen molar-refractivity contribution in [1.29, 1.82) is 0 Å². The number of amides is 2. The summed E-state index contributed by atoms with van der Waals surface area (Å²) in [5.74, 6) is -0.724. The molecular formula is C35H46N4O4. The van der Waals surface area contributed by atoms with Crippen LogP contribution >= 0.6 is 0 Å². The molecule has 1 unspecified atom stereocenters. The Hall–Kier alpha value is -3.68. The van der Waals surface area contributed by atoms with Crippen molar-refractivity contribution in [2.45, 2.75) is 90.8 Å². The number of aliphatic carboxylic acids is 1. The summed E-state index contributed by atoms with van der Waals surface area (Å²) in [6.45, 7) is 11.1. The molecule has 1 saturated heterocycles. The first-order valence-corrected chi connectivity index (χ1v) is 15.9. The van der Waals surface area contributed by atoms with Gasteiger partial charge in [-0.3, -0.25) is 19.4 Å². The van der Waals surface area contributed by atoms with Crippen molar-refractivity contribution in [1.82, 2.24) is 10.2 Å². The number of carboxylic acids is 1. The van der Waals surface area contributed by atoms with Crippen LogP contribution in [0.4, 0.5) is 5.69 Å². The predicted molar refractivity (Wildman–Crippen MR) is 169 cm³/mol. The van der Waals surface area contributed by atoms with Gasteiger partial charge in [-0.25, -0.2) is 0 Å². The fourth-order valence-electron chi connectivity index (χ4n) is 7.09. The van der Waals surface area contributed by atoms with Gasteiger partial charge in [0.2, 0.25) is 0 Å². The van der Waals surface area contributed by atoms with E-state index in [0.717, 1.165) is 55.6 Å². The number of carbonyl (C=O) groups excluding carboxylic acids is 2. The third-order valence-electron chi connectivity index (χ3n) is 9.71. The number of benzene rings is 2. The molecule has 2 aliphatic heterocycles. The second kappa shape index (κ2) is 12.5. The molecule has 2 heterocycles. The number of nitrogens with zero attached hydrogens (tertiary/aromatic N) is 3. The zero-order chi connectivity index (χ0) is 30.8. The molecule has 1 aliphatic carbocycles. The van der Waals surface area contributed by atoms with E-state index in [-0.39, 0.29) is 36.2 Å². The summed E-state index contributed by atoms with van der Waals surface area (Å²) >= 11 is 0. The lowest BCUT2D eigenvalue weighted by atomic mass is 9.69. The summed E-state index contributed by atoms with van der Waals surface area (Å²) in [5.41, 5.74) is 3.59. The number of hydrogen-bond acceptors (Lipinski definition) is 5. The second-order valence-corrected chi connectivity index (χ2v) is 13.6. The maximum Gasteiger partial charge on any atom is 0.305 e. The predicted octanol–water partition coefficient (Wildman–Crippen LogP) is 6.21. The van der Waals surface area contributed by atoms with Gasteiger partial charge in [-0.05, 0) is 93.0 Å². The zero-order valence-corrected chi connectivity index (χ0v) is 26.1. The van der Waals surface area contributed by atoms with Crippen LogP contribution in [0.15, 0.2) is 53.5 Å². The van der Waals surface area contributed by atoms with Crippen LogP contribution < -0.4 is 10.2 Å². The van der Waals surface area contributed by atoms with Gasteiger partial charge in [0.15, 0.2) is 0 Å². The smallest absolute Gasteiger partial charge is 0.305 e. The van der Waals surface area contributed by atoms with Gasteiger partial charge in [0, 0.05) is 36.4 Å². The monoisotopic (exact) mass is 586 g/mol. The summed E-state index contributed by atoms with van der Waals surface area (Å²) < 4.78 is 0. The van der Waals surface area contributed by atoms with E-state index >= 15 is 0 Å². The Kier molecular flexibility index (Phi) is 8.95. The standard InChI is InChI=1S/C35H46N4O4/c1-24(25-11-13-26(14-12-25)32(42)36-20-17-30(40)41)39-33(43)31(37-35(39)18-15-28(16-19-35)34(2,3)4)27-9-8-10-29(23-27)38-21-6-5-7-22-38/h8-14,23-24,28H,5-7,15-22H2,1-4H3,(H,36,42)(H,40,41). The Balaban J connectivity index is 1.42. The van der Waals surface area contributed by atoms with Crippen molar-refractivity contribution in [2.24, 2.45) is 16.3 Å². The average molecular weight is 587 g/mol. The first-order valence-electron chi connectivity index (χ1n) is 15.9.